The SMILES string of the molecule is CC(=O)c1ccccc1N(C)C(F)(F)F. The first-order valence-corrected chi connectivity index (χ1v) is 4.24. The van der Waals surface area contributed by atoms with Gasteiger partial charge in [-0.15, -0.1) is 0 Å². The number of ketones is 1. The molecule has 0 atom stereocenters. The van der Waals surface area contributed by atoms with Gasteiger partial charge in [-0.2, -0.15) is 13.2 Å². The lowest BCUT2D eigenvalue weighted by molar-refractivity contribution is -0.125. The summed E-state index contributed by atoms with van der Waals surface area (Å²) in [4.78, 5) is 11.2. The number of para-hydroxylation sites is 1. The van der Waals surface area contributed by atoms with Gasteiger partial charge in [-0.25, -0.2) is 0 Å². The highest BCUT2D eigenvalue weighted by Crippen LogP contribution is 2.29. The third-order valence-corrected chi connectivity index (χ3v) is 2.03. The van der Waals surface area contributed by atoms with Crippen LogP contribution in [0.1, 0.15) is 17.3 Å². The summed E-state index contributed by atoms with van der Waals surface area (Å²) < 4.78 is 37.2. The fraction of sp³-hybridized carbons (Fsp3) is 0.300. The van der Waals surface area contributed by atoms with Crippen molar-refractivity contribution in [3.63, 3.8) is 0 Å². The van der Waals surface area contributed by atoms with Gasteiger partial charge < -0.3 is 0 Å². The lowest BCUT2D eigenvalue weighted by atomic mass is 10.1. The van der Waals surface area contributed by atoms with E-state index < -0.39 is 6.30 Å². The zero-order chi connectivity index (χ0) is 11.6. The first kappa shape index (κ1) is 11.6. The molecule has 0 spiro atoms. The molecular weight excluding hydrogens is 207 g/mol. The third-order valence-electron chi connectivity index (χ3n) is 2.03. The van der Waals surface area contributed by atoms with Gasteiger partial charge in [-0.05, 0) is 19.1 Å². The lowest BCUT2D eigenvalue weighted by Gasteiger charge is -2.23. The van der Waals surface area contributed by atoms with Crippen LogP contribution in [-0.4, -0.2) is 19.1 Å². The Morgan fingerprint density at radius 2 is 1.80 bits per heavy atom. The van der Waals surface area contributed by atoms with E-state index in [-0.39, 0.29) is 21.9 Å². The van der Waals surface area contributed by atoms with Crippen molar-refractivity contribution in [1.29, 1.82) is 0 Å². The van der Waals surface area contributed by atoms with Crippen molar-refractivity contribution in [2.45, 2.75) is 13.2 Å². The molecule has 0 aromatic heterocycles. The van der Waals surface area contributed by atoms with E-state index >= 15 is 0 Å². The molecule has 0 aliphatic heterocycles. The monoisotopic (exact) mass is 217 g/mol. The summed E-state index contributed by atoms with van der Waals surface area (Å²) in [6.45, 7) is 1.24. The highest BCUT2D eigenvalue weighted by atomic mass is 19.4. The molecule has 1 aromatic rings. The zero-order valence-corrected chi connectivity index (χ0v) is 8.30. The predicted molar refractivity (Wildman–Crippen MR) is 50.9 cm³/mol. The highest BCUT2D eigenvalue weighted by molar-refractivity contribution is 5.99. The van der Waals surface area contributed by atoms with E-state index in [0.717, 1.165) is 7.05 Å². The molecule has 0 aliphatic carbocycles. The number of rotatable bonds is 2. The fourth-order valence-corrected chi connectivity index (χ4v) is 1.20. The Morgan fingerprint density at radius 3 is 2.27 bits per heavy atom. The van der Waals surface area contributed by atoms with Crippen LogP contribution in [-0.2, 0) is 0 Å². The molecule has 0 unspecified atom stereocenters. The maximum Gasteiger partial charge on any atom is 0.484 e. The highest BCUT2D eigenvalue weighted by Gasteiger charge is 2.35. The average Bonchev–Trinajstić information content (AvgIpc) is 2.15. The molecule has 0 aliphatic rings. The maximum absolute atomic E-state index is 12.4. The van der Waals surface area contributed by atoms with Gasteiger partial charge in [0.05, 0.1) is 5.69 Å². The van der Waals surface area contributed by atoms with Crippen LogP contribution >= 0.6 is 0 Å². The number of hydrogen-bond donors (Lipinski definition) is 0. The number of carbonyl (C=O) groups excluding carboxylic acids is 1. The second kappa shape index (κ2) is 3.92. The molecule has 0 saturated carbocycles. The number of halogens is 3. The molecule has 0 fully saturated rings. The Morgan fingerprint density at radius 1 is 1.27 bits per heavy atom. The molecule has 15 heavy (non-hydrogen) atoms. The molecule has 2 nitrogen and oxygen atoms in total. The van der Waals surface area contributed by atoms with Crippen molar-refractivity contribution in [3.8, 4) is 0 Å². The summed E-state index contributed by atoms with van der Waals surface area (Å²) in [5.74, 6) is -0.387. The second-order valence-electron chi connectivity index (χ2n) is 3.10. The quantitative estimate of drug-likeness (QED) is 0.560. The van der Waals surface area contributed by atoms with Crippen LogP contribution in [0.2, 0.25) is 0 Å². The number of Topliss-reactive ketones (excluding diaryl/α,β-unsaturated/α-hetero) is 1. The van der Waals surface area contributed by atoms with Crippen molar-refractivity contribution in [2.75, 3.05) is 11.9 Å². The number of hydrogen-bond acceptors (Lipinski definition) is 2. The summed E-state index contributed by atoms with van der Waals surface area (Å²) >= 11 is 0. The van der Waals surface area contributed by atoms with Gasteiger partial charge in [-0.1, -0.05) is 12.1 Å². The minimum atomic E-state index is -4.48. The zero-order valence-electron chi connectivity index (χ0n) is 8.30. The molecular formula is C10H10F3NO. The Balaban J connectivity index is 3.19. The van der Waals surface area contributed by atoms with Gasteiger partial charge >= 0.3 is 6.30 Å². The third kappa shape index (κ3) is 2.49. The molecule has 0 amide bonds. The minimum Gasteiger partial charge on any atom is -0.294 e. The number of carbonyl (C=O) groups is 1. The lowest BCUT2D eigenvalue weighted by Crippen LogP contribution is -2.35. The van der Waals surface area contributed by atoms with Gasteiger partial charge in [0.2, 0.25) is 0 Å². The van der Waals surface area contributed by atoms with Crippen molar-refractivity contribution >= 4 is 11.5 Å². The normalized spacial score (nSPS) is 11.3. The van der Waals surface area contributed by atoms with Gasteiger partial charge in [0.15, 0.2) is 5.78 Å². The molecule has 5 heteroatoms. The summed E-state index contributed by atoms with van der Waals surface area (Å²) in [7, 11) is 0.891. The Hall–Kier alpha value is -1.52. The van der Waals surface area contributed by atoms with Gasteiger partial charge in [0.25, 0.3) is 0 Å². The van der Waals surface area contributed by atoms with Gasteiger partial charge in [0, 0.05) is 12.6 Å². The Bertz CT molecular complexity index is 373. The average molecular weight is 217 g/mol. The van der Waals surface area contributed by atoms with Crippen LogP contribution in [0, 0.1) is 0 Å². The van der Waals surface area contributed by atoms with Crippen LogP contribution in [0.4, 0.5) is 18.9 Å². The summed E-state index contributed by atoms with van der Waals surface area (Å²) in [6, 6.07) is 5.64. The molecule has 1 rings (SSSR count). The maximum atomic E-state index is 12.4. The Labute approximate surface area is 85.3 Å². The van der Waals surface area contributed by atoms with Crippen LogP contribution in [0.25, 0.3) is 0 Å². The molecule has 0 radical (unpaired) electrons. The van der Waals surface area contributed by atoms with Crippen molar-refractivity contribution < 1.29 is 18.0 Å². The van der Waals surface area contributed by atoms with E-state index in [2.05, 4.69) is 0 Å². The van der Waals surface area contributed by atoms with E-state index in [1.165, 1.54) is 31.2 Å². The largest absolute Gasteiger partial charge is 0.484 e. The van der Waals surface area contributed by atoms with Crippen molar-refractivity contribution in [1.82, 2.24) is 0 Å². The number of benzene rings is 1. The van der Waals surface area contributed by atoms with Gasteiger partial charge in [-0.3, -0.25) is 9.69 Å². The summed E-state index contributed by atoms with van der Waals surface area (Å²) in [6.07, 6.45) is -4.48. The topological polar surface area (TPSA) is 20.3 Å². The van der Waals surface area contributed by atoms with E-state index in [1.54, 1.807) is 0 Å². The molecule has 82 valence electrons. The summed E-state index contributed by atoms with van der Waals surface area (Å²) in [5, 5.41) is 0. The second-order valence-corrected chi connectivity index (χ2v) is 3.10. The van der Waals surface area contributed by atoms with Crippen molar-refractivity contribution in [3.05, 3.63) is 29.8 Å². The molecule has 0 bridgehead atoms. The molecule has 1 aromatic carbocycles. The van der Waals surface area contributed by atoms with Crippen LogP contribution in [0.3, 0.4) is 0 Å². The molecule has 0 N–H and O–H groups in total. The van der Waals surface area contributed by atoms with Gasteiger partial charge in [0.1, 0.15) is 0 Å². The van der Waals surface area contributed by atoms with E-state index in [9.17, 15) is 18.0 Å². The number of nitrogens with zero attached hydrogens (tertiary/aromatic N) is 1. The van der Waals surface area contributed by atoms with Crippen LogP contribution < -0.4 is 4.90 Å². The van der Waals surface area contributed by atoms with E-state index in [0.29, 0.717) is 0 Å². The number of anilines is 1. The van der Waals surface area contributed by atoms with E-state index in [1.807, 2.05) is 0 Å². The van der Waals surface area contributed by atoms with Crippen molar-refractivity contribution in [2.24, 2.45) is 0 Å². The first-order valence-electron chi connectivity index (χ1n) is 4.24. The van der Waals surface area contributed by atoms with Crippen LogP contribution in [0.5, 0.6) is 0 Å². The molecule has 0 saturated heterocycles. The summed E-state index contributed by atoms with van der Waals surface area (Å²) in [5.41, 5.74) is -0.0603. The first-order chi connectivity index (χ1) is 6.84. The Kier molecular flexibility index (Phi) is 3.02. The fourth-order valence-electron chi connectivity index (χ4n) is 1.20. The number of alkyl halides is 3. The smallest absolute Gasteiger partial charge is 0.294 e. The van der Waals surface area contributed by atoms with Crippen LogP contribution in [0.15, 0.2) is 24.3 Å². The minimum absolute atomic E-state index is 0.0670. The van der Waals surface area contributed by atoms with E-state index in [4.69, 9.17) is 0 Å². The molecule has 0 heterocycles. The standard InChI is InChI=1S/C10H10F3NO/c1-7(15)8-5-3-4-6-9(8)14(2)10(11,12)13/h3-6H,1-2H3. The predicted octanol–water partition coefficient (Wildman–Crippen LogP) is 2.85.